The van der Waals surface area contributed by atoms with Crippen molar-refractivity contribution in [3.8, 4) is 23.3 Å². The van der Waals surface area contributed by atoms with Gasteiger partial charge in [0.05, 0.1) is 12.7 Å². The molecule has 0 saturated heterocycles. The van der Waals surface area contributed by atoms with Crippen LogP contribution in [-0.2, 0) is 0 Å². The van der Waals surface area contributed by atoms with Gasteiger partial charge in [-0.1, -0.05) is 30.3 Å². The quantitative estimate of drug-likeness (QED) is 0.536. The molecule has 140 valence electrons. The fourth-order valence-corrected chi connectivity index (χ4v) is 2.53. The van der Waals surface area contributed by atoms with E-state index < -0.39 is 0 Å². The number of para-hydroxylation sites is 1. The molecule has 0 aliphatic heterocycles. The summed E-state index contributed by atoms with van der Waals surface area (Å²) >= 11 is 0. The molecule has 0 spiro atoms. The van der Waals surface area contributed by atoms with Crippen LogP contribution in [0.25, 0.3) is 0 Å². The van der Waals surface area contributed by atoms with Crippen molar-refractivity contribution in [3.63, 3.8) is 0 Å². The number of carbonyl (C=O) groups is 1. The lowest BCUT2D eigenvalue weighted by atomic mass is 10.2. The van der Waals surface area contributed by atoms with E-state index in [9.17, 15) is 4.79 Å². The zero-order chi connectivity index (χ0) is 19.6. The molecule has 0 fully saturated rings. The maximum atomic E-state index is 12.6. The van der Waals surface area contributed by atoms with Gasteiger partial charge in [0.2, 0.25) is 0 Å². The van der Waals surface area contributed by atoms with Gasteiger partial charge >= 0.3 is 0 Å². The minimum atomic E-state index is -0.236. The molecule has 5 heteroatoms. The lowest BCUT2D eigenvalue weighted by Gasteiger charge is -2.10. The summed E-state index contributed by atoms with van der Waals surface area (Å²) in [5.74, 6) is 1.71. The first kappa shape index (κ1) is 19.0. The van der Waals surface area contributed by atoms with Crippen molar-refractivity contribution < 1.29 is 14.3 Å². The first-order valence-electron chi connectivity index (χ1n) is 8.99. The minimum absolute atomic E-state index is 0.236. The van der Waals surface area contributed by atoms with E-state index in [1.54, 1.807) is 36.4 Å². The molecule has 3 aromatic carbocycles. The fourth-order valence-electron chi connectivity index (χ4n) is 2.53. The highest BCUT2D eigenvalue weighted by Gasteiger charge is 2.08. The van der Waals surface area contributed by atoms with E-state index in [0.717, 1.165) is 0 Å². The van der Waals surface area contributed by atoms with Crippen molar-refractivity contribution in [2.75, 3.05) is 11.9 Å². The Morgan fingerprint density at radius 3 is 2.46 bits per heavy atom. The van der Waals surface area contributed by atoms with Crippen molar-refractivity contribution in [1.29, 1.82) is 5.26 Å². The van der Waals surface area contributed by atoms with Crippen molar-refractivity contribution in [2.24, 2.45) is 0 Å². The van der Waals surface area contributed by atoms with Crippen LogP contribution in [0.3, 0.4) is 0 Å². The normalized spacial score (nSPS) is 9.96. The van der Waals surface area contributed by atoms with Crippen molar-refractivity contribution in [1.82, 2.24) is 0 Å². The van der Waals surface area contributed by atoms with E-state index in [1.165, 1.54) is 0 Å². The van der Waals surface area contributed by atoms with Crippen LogP contribution in [0.1, 0.15) is 23.2 Å². The summed E-state index contributed by atoms with van der Waals surface area (Å²) in [6.45, 7) is 0.462. The maximum Gasteiger partial charge on any atom is 0.255 e. The number of anilines is 1. The number of hydrogen-bond acceptors (Lipinski definition) is 4. The first-order valence-corrected chi connectivity index (χ1v) is 8.99. The summed E-state index contributed by atoms with van der Waals surface area (Å²) < 4.78 is 11.4. The Morgan fingerprint density at radius 1 is 0.893 bits per heavy atom. The third-order valence-electron chi connectivity index (χ3n) is 3.87. The third-order valence-corrected chi connectivity index (χ3v) is 3.87. The van der Waals surface area contributed by atoms with Gasteiger partial charge in [-0.3, -0.25) is 4.79 Å². The summed E-state index contributed by atoms with van der Waals surface area (Å²) in [6, 6.07) is 25.7. The van der Waals surface area contributed by atoms with Gasteiger partial charge < -0.3 is 14.8 Å². The first-order chi connectivity index (χ1) is 13.7. The number of nitrogens with zero attached hydrogens (tertiary/aromatic N) is 1. The predicted octanol–water partition coefficient (Wildman–Crippen LogP) is 5.41. The molecule has 1 N–H and O–H groups in total. The second-order valence-electron chi connectivity index (χ2n) is 6.04. The fraction of sp³-hybridized carbons (Fsp3) is 0.130. The van der Waals surface area contributed by atoms with Gasteiger partial charge in [-0.25, -0.2) is 0 Å². The number of carbonyl (C=O) groups excluding carboxylic acids is 1. The van der Waals surface area contributed by atoms with Gasteiger partial charge in [-0.05, 0) is 48.9 Å². The van der Waals surface area contributed by atoms with Crippen molar-refractivity contribution >= 4 is 11.6 Å². The summed E-state index contributed by atoms with van der Waals surface area (Å²) in [6.07, 6.45) is 1.12. The number of rotatable bonds is 8. The van der Waals surface area contributed by atoms with E-state index in [0.29, 0.717) is 47.9 Å². The van der Waals surface area contributed by atoms with E-state index in [1.807, 2.05) is 42.5 Å². The van der Waals surface area contributed by atoms with E-state index in [-0.39, 0.29) is 5.91 Å². The van der Waals surface area contributed by atoms with Gasteiger partial charge in [-0.2, -0.15) is 5.26 Å². The van der Waals surface area contributed by atoms with Crippen molar-refractivity contribution in [2.45, 2.75) is 12.8 Å². The molecule has 1 amide bonds. The van der Waals surface area contributed by atoms with Gasteiger partial charge in [0, 0.05) is 23.7 Å². The van der Waals surface area contributed by atoms with E-state index in [2.05, 4.69) is 11.4 Å². The minimum Gasteiger partial charge on any atom is -0.493 e. The molecule has 0 aliphatic carbocycles. The molecule has 0 radical (unpaired) electrons. The monoisotopic (exact) mass is 372 g/mol. The Labute approximate surface area is 164 Å². The molecular formula is C23H20N2O3. The Bertz CT molecular complexity index is 965. The summed E-state index contributed by atoms with van der Waals surface area (Å²) in [7, 11) is 0. The number of hydrogen-bond donors (Lipinski definition) is 1. The molecule has 28 heavy (non-hydrogen) atoms. The van der Waals surface area contributed by atoms with Gasteiger partial charge in [0.1, 0.15) is 17.2 Å². The zero-order valence-electron chi connectivity index (χ0n) is 15.3. The van der Waals surface area contributed by atoms with Crippen LogP contribution in [0.4, 0.5) is 5.69 Å². The third kappa shape index (κ3) is 5.61. The topological polar surface area (TPSA) is 71.3 Å². The highest BCUT2D eigenvalue weighted by Crippen LogP contribution is 2.23. The second-order valence-corrected chi connectivity index (χ2v) is 6.04. The zero-order valence-corrected chi connectivity index (χ0v) is 15.3. The SMILES string of the molecule is N#CCCCOc1cccc(NC(=O)c2cccc(Oc3ccccc3)c2)c1. The van der Waals surface area contributed by atoms with E-state index >= 15 is 0 Å². The standard InChI is InChI=1S/C23H20N2O3/c24-14-4-5-15-27-21-12-7-9-19(17-21)25-23(26)18-8-6-13-22(16-18)28-20-10-2-1-3-11-20/h1-3,6-13,16-17H,4-5,15H2,(H,25,26). The smallest absolute Gasteiger partial charge is 0.255 e. The number of unbranched alkanes of at least 4 members (excludes halogenated alkanes) is 1. The lowest BCUT2D eigenvalue weighted by molar-refractivity contribution is 0.102. The Kier molecular flexibility index (Phi) is 6.64. The number of amides is 1. The van der Waals surface area contributed by atoms with Crippen LogP contribution in [0, 0.1) is 11.3 Å². The van der Waals surface area contributed by atoms with Gasteiger partial charge in [0.25, 0.3) is 5.91 Å². The molecule has 0 atom stereocenters. The number of benzene rings is 3. The summed E-state index contributed by atoms with van der Waals surface area (Å²) in [4.78, 5) is 12.6. The molecule has 0 aromatic heterocycles. The largest absolute Gasteiger partial charge is 0.493 e. The van der Waals surface area contributed by atoms with Crippen LogP contribution in [-0.4, -0.2) is 12.5 Å². The predicted molar refractivity (Wildman–Crippen MR) is 108 cm³/mol. The molecule has 0 unspecified atom stereocenters. The van der Waals surface area contributed by atoms with Crippen LogP contribution < -0.4 is 14.8 Å². The summed E-state index contributed by atoms with van der Waals surface area (Å²) in [5, 5.41) is 11.4. The number of nitriles is 1. The van der Waals surface area contributed by atoms with Crippen LogP contribution in [0.15, 0.2) is 78.9 Å². The average molecular weight is 372 g/mol. The Balaban J connectivity index is 1.63. The molecule has 0 aliphatic rings. The van der Waals surface area contributed by atoms with Crippen LogP contribution >= 0.6 is 0 Å². The number of ether oxygens (including phenoxy) is 2. The lowest BCUT2D eigenvalue weighted by Crippen LogP contribution is -2.12. The summed E-state index contributed by atoms with van der Waals surface area (Å²) in [5.41, 5.74) is 1.13. The Morgan fingerprint density at radius 2 is 1.64 bits per heavy atom. The van der Waals surface area contributed by atoms with Crippen LogP contribution in [0.5, 0.6) is 17.2 Å². The highest BCUT2D eigenvalue weighted by atomic mass is 16.5. The average Bonchev–Trinajstić information content (AvgIpc) is 2.72. The molecular weight excluding hydrogens is 352 g/mol. The maximum absolute atomic E-state index is 12.6. The molecule has 3 rings (SSSR count). The molecule has 0 saturated carbocycles. The molecule has 3 aromatic rings. The molecule has 5 nitrogen and oxygen atoms in total. The van der Waals surface area contributed by atoms with E-state index in [4.69, 9.17) is 14.7 Å². The van der Waals surface area contributed by atoms with Gasteiger partial charge in [-0.15, -0.1) is 0 Å². The molecule has 0 bridgehead atoms. The molecule has 0 heterocycles. The van der Waals surface area contributed by atoms with Gasteiger partial charge in [0.15, 0.2) is 0 Å². The second kappa shape index (κ2) is 9.79. The highest BCUT2D eigenvalue weighted by molar-refractivity contribution is 6.04. The van der Waals surface area contributed by atoms with Crippen molar-refractivity contribution in [3.05, 3.63) is 84.4 Å². The Hall–Kier alpha value is -3.78. The number of nitrogens with one attached hydrogen (secondary N) is 1. The van der Waals surface area contributed by atoms with Crippen LogP contribution in [0.2, 0.25) is 0 Å².